The minimum atomic E-state index is 0.858. The molecule has 0 fully saturated rings. The molecule has 0 aliphatic heterocycles. The molecule has 0 amide bonds. The van der Waals surface area contributed by atoms with E-state index in [1.165, 1.54) is 58.3 Å². The lowest BCUT2D eigenvalue weighted by Crippen LogP contribution is -2.10. The van der Waals surface area contributed by atoms with E-state index < -0.39 is 0 Å². The van der Waals surface area contributed by atoms with Crippen LogP contribution < -0.4 is 4.90 Å². The highest BCUT2D eigenvalue weighted by Crippen LogP contribution is 2.46. The van der Waals surface area contributed by atoms with Crippen molar-refractivity contribution >= 4 is 103 Å². The molecule has 0 saturated heterocycles. The van der Waals surface area contributed by atoms with Crippen molar-refractivity contribution in [3.8, 4) is 27.9 Å². The van der Waals surface area contributed by atoms with Gasteiger partial charge in [0.25, 0.3) is 0 Å². The van der Waals surface area contributed by atoms with Gasteiger partial charge in [-0.1, -0.05) is 158 Å². The zero-order valence-electron chi connectivity index (χ0n) is 33.5. The summed E-state index contributed by atoms with van der Waals surface area (Å²) in [4.78, 5) is 2.37. The average Bonchev–Trinajstić information content (AvgIpc) is 4.02. The molecule has 13 rings (SSSR count). The predicted octanol–water partition coefficient (Wildman–Crippen LogP) is 17.0. The highest BCUT2D eigenvalue weighted by Gasteiger charge is 2.22. The van der Waals surface area contributed by atoms with Crippen molar-refractivity contribution in [3.63, 3.8) is 0 Å². The first-order valence-electron chi connectivity index (χ1n) is 21.1. The van der Waals surface area contributed by atoms with Crippen LogP contribution in [0.4, 0.5) is 17.1 Å². The van der Waals surface area contributed by atoms with E-state index in [1.54, 1.807) is 0 Å². The maximum absolute atomic E-state index is 7.03. The largest absolute Gasteiger partial charge is 0.453 e. The highest BCUT2D eigenvalue weighted by atomic mass is 32.1. The van der Waals surface area contributed by atoms with Gasteiger partial charge < -0.3 is 13.9 Å². The van der Waals surface area contributed by atoms with Crippen LogP contribution in [0, 0.1) is 0 Å². The number of hydrogen-bond acceptors (Lipinski definition) is 3. The standard InChI is InChI=1S/C58H36N2OS/c1-3-13-38(14-4-1)45-20-11-21-49-50-22-12-23-52(58(50)61-57(45)49)59(43-31-34-55-51(36-43)47-19-9-10-24-54(47)62-55)42-29-25-37(26-30-42)40-28-32-46-48-33-27-39-15-7-8-18-44(39)56(48)60(53(46)35-40)41-16-5-2-6-17-41/h1-36H. The van der Waals surface area contributed by atoms with Gasteiger partial charge in [0.1, 0.15) is 5.58 Å². The van der Waals surface area contributed by atoms with Crippen molar-refractivity contribution in [2.75, 3.05) is 4.90 Å². The molecular formula is C58H36N2OS. The van der Waals surface area contributed by atoms with Crippen molar-refractivity contribution < 1.29 is 4.42 Å². The number of hydrogen-bond donors (Lipinski definition) is 0. The van der Waals surface area contributed by atoms with Crippen LogP contribution >= 0.6 is 11.3 Å². The molecule has 290 valence electrons. The normalized spacial score (nSPS) is 11.9. The Bertz CT molecular complexity index is 3860. The van der Waals surface area contributed by atoms with Gasteiger partial charge in [-0.05, 0) is 82.7 Å². The van der Waals surface area contributed by atoms with Crippen LogP contribution in [-0.2, 0) is 0 Å². The summed E-state index contributed by atoms with van der Waals surface area (Å²) in [5.41, 5.74) is 13.0. The van der Waals surface area contributed by atoms with Crippen molar-refractivity contribution in [2.24, 2.45) is 0 Å². The summed E-state index contributed by atoms with van der Waals surface area (Å²) >= 11 is 1.84. The average molecular weight is 809 g/mol. The summed E-state index contributed by atoms with van der Waals surface area (Å²) in [7, 11) is 0. The van der Waals surface area contributed by atoms with E-state index in [1.807, 2.05) is 11.3 Å². The Morgan fingerprint density at radius 2 is 1.05 bits per heavy atom. The summed E-state index contributed by atoms with van der Waals surface area (Å²) in [6.45, 7) is 0. The fraction of sp³-hybridized carbons (Fsp3) is 0. The molecule has 62 heavy (non-hydrogen) atoms. The molecule has 0 unspecified atom stereocenters. The van der Waals surface area contributed by atoms with Gasteiger partial charge in [-0.2, -0.15) is 0 Å². The van der Waals surface area contributed by atoms with E-state index in [4.69, 9.17) is 4.42 Å². The molecule has 0 aliphatic carbocycles. The van der Waals surface area contributed by atoms with Crippen molar-refractivity contribution in [1.82, 2.24) is 4.57 Å². The quantitative estimate of drug-likeness (QED) is 0.167. The highest BCUT2D eigenvalue weighted by molar-refractivity contribution is 7.25. The van der Waals surface area contributed by atoms with Gasteiger partial charge in [-0.3, -0.25) is 0 Å². The third kappa shape index (κ3) is 5.37. The third-order valence-corrected chi connectivity index (χ3v) is 13.7. The van der Waals surface area contributed by atoms with Gasteiger partial charge in [0.2, 0.25) is 0 Å². The van der Waals surface area contributed by atoms with Gasteiger partial charge in [0.05, 0.1) is 16.7 Å². The number of thiophene rings is 1. The molecule has 0 atom stereocenters. The van der Waals surface area contributed by atoms with E-state index in [-0.39, 0.29) is 0 Å². The number of fused-ring (bicyclic) bond motifs is 11. The number of benzene rings is 10. The first kappa shape index (κ1) is 34.9. The Balaban J connectivity index is 0.994. The molecule has 3 nitrogen and oxygen atoms in total. The Kier molecular flexibility index (Phi) is 7.78. The number of furan rings is 1. The SMILES string of the molecule is c1ccc(-c2cccc3c2oc2c(N(c4ccc(-c5ccc6c7ccc8ccccc8c7n(-c7ccccc7)c6c5)cc4)c4ccc5sc6ccccc6c5c4)cccc23)cc1. The fourth-order valence-corrected chi connectivity index (χ4v) is 10.8. The molecule has 13 aromatic rings. The molecule has 0 bridgehead atoms. The first-order chi connectivity index (χ1) is 30.7. The molecule has 0 saturated carbocycles. The zero-order valence-corrected chi connectivity index (χ0v) is 34.3. The molecule has 10 aromatic carbocycles. The smallest absolute Gasteiger partial charge is 0.159 e. The Labute approximate surface area is 361 Å². The lowest BCUT2D eigenvalue weighted by atomic mass is 10.0. The second kappa shape index (κ2) is 13.8. The van der Waals surface area contributed by atoms with Crippen molar-refractivity contribution in [2.45, 2.75) is 0 Å². The summed E-state index contributed by atoms with van der Waals surface area (Å²) in [5, 5.41) is 9.71. The van der Waals surface area contributed by atoms with Gasteiger partial charge in [-0.15, -0.1) is 11.3 Å². The molecule has 0 radical (unpaired) electrons. The van der Waals surface area contributed by atoms with E-state index in [9.17, 15) is 0 Å². The van der Waals surface area contributed by atoms with Crippen LogP contribution in [0.2, 0.25) is 0 Å². The summed E-state index contributed by atoms with van der Waals surface area (Å²) in [6.07, 6.45) is 0. The Morgan fingerprint density at radius 3 is 1.90 bits per heavy atom. The molecule has 3 aromatic heterocycles. The van der Waals surface area contributed by atoms with Crippen LogP contribution in [0.1, 0.15) is 0 Å². The van der Waals surface area contributed by atoms with Crippen LogP contribution in [0.25, 0.3) is 103 Å². The minimum absolute atomic E-state index is 0.858. The lowest BCUT2D eigenvalue weighted by Gasteiger charge is -2.26. The molecule has 3 heterocycles. The number of aromatic nitrogens is 1. The van der Waals surface area contributed by atoms with Crippen LogP contribution in [0.15, 0.2) is 223 Å². The first-order valence-corrected chi connectivity index (χ1v) is 21.9. The fourth-order valence-electron chi connectivity index (χ4n) is 9.71. The molecule has 0 spiro atoms. The van der Waals surface area contributed by atoms with Gasteiger partial charge in [0, 0.05) is 69.7 Å². The van der Waals surface area contributed by atoms with Gasteiger partial charge in [0.15, 0.2) is 5.58 Å². The third-order valence-electron chi connectivity index (χ3n) is 12.6. The minimum Gasteiger partial charge on any atom is -0.453 e. The molecule has 0 aliphatic rings. The Morgan fingerprint density at radius 1 is 0.387 bits per heavy atom. The van der Waals surface area contributed by atoms with E-state index >= 15 is 0 Å². The second-order valence-electron chi connectivity index (χ2n) is 16.1. The monoisotopic (exact) mass is 808 g/mol. The topological polar surface area (TPSA) is 21.3 Å². The number of para-hydroxylation sites is 3. The predicted molar refractivity (Wildman–Crippen MR) is 264 cm³/mol. The summed E-state index contributed by atoms with van der Waals surface area (Å²) in [5.74, 6) is 0. The van der Waals surface area contributed by atoms with E-state index in [0.29, 0.717) is 0 Å². The van der Waals surface area contributed by atoms with Gasteiger partial charge >= 0.3 is 0 Å². The molecule has 4 heteroatoms. The number of rotatable bonds is 6. The van der Waals surface area contributed by atoms with Crippen molar-refractivity contribution in [3.05, 3.63) is 218 Å². The number of nitrogens with zero attached hydrogens (tertiary/aromatic N) is 2. The van der Waals surface area contributed by atoms with Crippen molar-refractivity contribution in [1.29, 1.82) is 0 Å². The van der Waals surface area contributed by atoms with Crippen LogP contribution in [0.3, 0.4) is 0 Å². The lowest BCUT2D eigenvalue weighted by molar-refractivity contribution is 0.670. The second-order valence-corrected chi connectivity index (χ2v) is 17.1. The van der Waals surface area contributed by atoms with E-state index in [0.717, 1.165) is 61.4 Å². The molecule has 0 N–H and O–H groups in total. The van der Waals surface area contributed by atoms with Crippen LogP contribution in [0.5, 0.6) is 0 Å². The Hall–Kier alpha value is -7.92. The summed E-state index contributed by atoms with van der Waals surface area (Å²) < 4.78 is 12.0. The maximum Gasteiger partial charge on any atom is 0.159 e. The number of anilines is 3. The molecular weight excluding hydrogens is 773 g/mol. The van der Waals surface area contributed by atoms with Gasteiger partial charge in [-0.25, -0.2) is 0 Å². The zero-order chi connectivity index (χ0) is 40.7. The maximum atomic E-state index is 7.03. The van der Waals surface area contributed by atoms with E-state index in [2.05, 4.69) is 228 Å². The summed E-state index contributed by atoms with van der Waals surface area (Å²) in [6, 6.07) is 79.1. The van der Waals surface area contributed by atoms with Crippen LogP contribution in [-0.4, -0.2) is 4.57 Å².